The number of para-hydroxylation sites is 2. The van der Waals surface area contributed by atoms with Crippen molar-refractivity contribution in [2.24, 2.45) is 0 Å². The van der Waals surface area contributed by atoms with Crippen molar-refractivity contribution in [3.8, 4) is 0 Å². The minimum absolute atomic E-state index is 0.194. The van der Waals surface area contributed by atoms with Gasteiger partial charge < -0.3 is 20.3 Å². The first kappa shape index (κ1) is 14.3. The van der Waals surface area contributed by atoms with E-state index >= 15 is 0 Å². The molecule has 0 radical (unpaired) electrons. The Balaban J connectivity index is 2.49. The topological polar surface area (TPSA) is 53.6 Å². The summed E-state index contributed by atoms with van der Waals surface area (Å²) in [6.45, 7) is 1.25. The maximum Gasteiger partial charge on any atom is 0.319 e. The Labute approximate surface area is 108 Å². The van der Waals surface area contributed by atoms with E-state index in [1.54, 1.807) is 7.11 Å². The van der Waals surface area contributed by atoms with Gasteiger partial charge in [0, 0.05) is 34.4 Å². The molecule has 0 atom stereocenters. The van der Waals surface area contributed by atoms with Crippen LogP contribution in [0.2, 0.25) is 0 Å². The van der Waals surface area contributed by atoms with Crippen LogP contribution in [0.1, 0.15) is 6.42 Å². The molecule has 1 aromatic carbocycles. The van der Waals surface area contributed by atoms with Gasteiger partial charge in [0.15, 0.2) is 0 Å². The van der Waals surface area contributed by atoms with E-state index in [1.807, 2.05) is 43.3 Å². The van der Waals surface area contributed by atoms with Crippen molar-refractivity contribution < 1.29 is 9.53 Å². The van der Waals surface area contributed by atoms with Crippen molar-refractivity contribution in [2.75, 3.05) is 44.6 Å². The number of methoxy groups -OCH3 is 1. The molecule has 0 aromatic heterocycles. The van der Waals surface area contributed by atoms with Gasteiger partial charge in [0.05, 0.1) is 11.4 Å². The number of urea groups is 1. The Morgan fingerprint density at radius 2 is 2.06 bits per heavy atom. The molecule has 0 saturated carbocycles. The zero-order valence-corrected chi connectivity index (χ0v) is 11.2. The molecule has 0 saturated heterocycles. The maximum atomic E-state index is 11.7. The summed E-state index contributed by atoms with van der Waals surface area (Å²) in [6, 6.07) is 7.48. The standard InChI is InChI=1S/C13H21N3O2/c1-16(2)12-8-5-4-7-11(12)15-13(17)14-9-6-10-18-3/h4-5,7-8H,6,9-10H2,1-3H3,(H2,14,15,17). The normalized spacial score (nSPS) is 9.94. The molecule has 0 fully saturated rings. The summed E-state index contributed by atoms with van der Waals surface area (Å²) in [5.74, 6) is 0. The molecule has 2 amide bonds. The van der Waals surface area contributed by atoms with E-state index in [0.29, 0.717) is 13.2 Å². The molecule has 100 valence electrons. The first-order valence-corrected chi connectivity index (χ1v) is 5.95. The molecule has 0 spiro atoms. The number of carbonyl (C=O) groups excluding carboxylic acids is 1. The van der Waals surface area contributed by atoms with Crippen LogP contribution in [0.3, 0.4) is 0 Å². The lowest BCUT2D eigenvalue weighted by atomic mass is 10.2. The number of ether oxygens (including phenoxy) is 1. The third kappa shape index (κ3) is 4.63. The van der Waals surface area contributed by atoms with Crippen LogP contribution < -0.4 is 15.5 Å². The largest absolute Gasteiger partial charge is 0.385 e. The summed E-state index contributed by atoms with van der Waals surface area (Å²) in [5, 5.41) is 5.62. The van der Waals surface area contributed by atoms with Gasteiger partial charge in [-0.15, -0.1) is 0 Å². The summed E-state index contributed by atoms with van der Waals surface area (Å²) in [6.07, 6.45) is 0.805. The van der Waals surface area contributed by atoms with Crippen LogP contribution in [0.25, 0.3) is 0 Å². The van der Waals surface area contributed by atoms with Crippen LogP contribution >= 0.6 is 0 Å². The third-order valence-electron chi connectivity index (χ3n) is 2.44. The lowest BCUT2D eigenvalue weighted by Crippen LogP contribution is -2.30. The molecule has 0 aliphatic heterocycles. The van der Waals surface area contributed by atoms with Gasteiger partial charge >= 0.3 is 6.03 Å². The Morgan fingerprint density at radius 3 is 2.72 bits per heavy atom. The zero-order chi connectivity index (χ0) is 13.4. The highest BCUT2D eigenvalue weighted by molar-refractivity contribution is 5.93. The molecule has 0 aliphatic carbocycles. The van der Waals surface area contributed by atoms with Crippen LogP contribution in [0.4, 0.5) is 16.2 Å². The van der Waals surface area contributed by atoms with Crippen LogP contribution in [0, 0.1) is 0 Å². The Morgan fingerprint density at radius 1 is 1.33 bits per heavy atom. The molecule has 5 heteroatoms. The molecule has 2 N–H and O–H groups in total. The number of rotatable bonds is 6. The number of hydrogen-bond donors (Lipinski definition) is 2. The van der Waals surface area contributed by atoms with E-state index in [2.05, 4.69) is 10.6 Å². The predicted octanol–water partition coefficient (Wildman–Crippen LogP) is 1.91. The monoisotopic (exact) mass is 251 g/mol. The fraction of sp³-hybridized carbons (Fsp3) is 0.462. The second kappa shape index (κ2) is 7.55. The van der Waals surface area contributed by atoms with Gasteiger partial charge in [0.2, 0.25) is 0 Å². The fourth-order valence-electron chi connectivity index (χ4n) is 1.55. The third-order valence-corrected chi connectivity index (χ3v) is 2.44. The van der Waals surface area contributed by atoms with Crippen molar-refractivity contribution in [1.82, 2.24) is 5.32 Å². The lowest BCUT2D eigenvalue weighted by Gasteiger charge is -2.17. The fourth-order valence-corrected chi connectivity index (χ4v) is 1.55. The SMILES string of the molecule is COCCCNC(=O)Nc1ccccc1N(C)C. The minimum atomic E-state index is -0.194. The summed E-state index contributed by atoms with van der Waals surface area (Å²) in [4.78, 5) is 13.6. The van der Waals surface area contributed by atoms with Crippen LogP contribution in [0.15, 0.2) is 24.3 Å². The number of amides is 2. The van der Waals surface area contributed by atoms with Gasteiger partial charge in [0.1, 0.15) is 0 Å². The van der Waals surface area contributed by atoms with Crippen molar-refractivity contribution in [2.45, 2.75) is 6.42 Å². The number of nitrogens with one attached hydrogen (secondary N) is 2. The van der Waals surface area contributed by atoms with E-state index < -0.39 is 0 Å². The zero-order valence-electron chi connectivity index (χ0n) is 11.2. The highest BCUT2D eigenvalue weighted by Gasteiger charge is 2.06. The van der Waals surface area contributed by atoms with E-state index in [4.69, 9.17) is 4.74 Å². The average molecular weight is 251 g/mol. The van der Waals surface area contributed by atoms with Gasteiger partial charge in [-0.2, -0.15) is 0 Å². The van der Waals surface area contributed by atoms with E-state index in [9.17, 15) is 4.79 Å². The van der Waals surface area contributed by atoms with Gasteiger partial charge in [-0.25, -0.2) is 4.79 Å². The van der Waals surface area contributed by atoms with Gasteiger partial charge in [-0.1, -0.05) is 12.1 Å². The van der Waals surface area contributed by atoms with E-state index in [-0.39, 0.29) is 6.03 Å². The number of hydrogen-bond acceptors (Lipinski definition) is 3. The first-order chi connectivity index (χ1) is 8.65. The van der Waals surface area contributed by atoms with Crippen molar-refractivity contribution in [1.29, 1.82) is 0 Å². The Kier molecular flexibility index (Phi) is 6.00. The van der Waals surface area contributed by atoms with Crippen LogP contribution in [0.5, 0.6) is 0 Å². The van der Waals surface area contributed by atoms with E-state index in [1.165, 1.54) is 0 Å². The molecule has 0 unspecified atom stereocenters. The van der Waals surface area contributed by atoms with Crippen molar-refractivity contribution >= 4 is 17.4 Å². The highest BCUT2D eigenvalue weighted by Crippen LogP contribution is 2.22. The smallest absolute Gasteiger partial charge is 0.319 e. The molecule has 18 heavy (non-hydrogen) atoms. The summed E-state index contributed by atoms with van der Waals surface area (Å²) in [5.41, 5.74) is 1.77. The Hall–Kier alpha value is -1.75. The van der Waals surface area contributed by atoms with Crippen molar-refractivity contribution in [3.63, 3.8) is 0 Å². The van der Waals surface area contributed by atoms with Gasteiger partial charge in [-0.05, 0) is 18.6 Å². The van der Waals surface area contributed by atoms with Crippen molar-refractivity contribution in [3.05, 3.63) is 24.3 Å². The summed E-state index contributed by atoms with van der Waals surface area (Å²) < 4.78 is 4.91. The number of nitrogens with zero attached hydrogens (tertiary/aromatic N) is 1. The summed E-state index contributed by atoms with van der Waals surface area (Å²) >= 11 is 0. The lowest BCUT2D eigenvalue weighted by molar-refractivity contribution is 0.194. The predicted molar refractivity (Wildman–Crippen MR) is 74.3 cm³/mol. The molecular formula is C13H21N3O2. The first-order valence-electron chi connectivity index (χ1n) is 5.95. The second-order valence-electron chi connectivity index (χ2n) is 4.14. The van der Waals surface area contributed by atoms with E-state index in [0.717, 1.165) is 17.8 Å². The second-order valence-corrected chi connectivity index (χ2v) is 4.14. The Bertz CT molecular complexity index is 380. The quantitative estimate of drug-likeness (QED) is 0.759. The molecule has 5 nitrogen and oxygen atoms in total. The van der Waals surface area contributed by atoms with Crippen LogP contribution in [-0.2, 0) is 4.74 Å². The van der Waals surface area contributed by atoms with Crippen LogP contribution in [-0.4, -0.2) is 40.4 Å². The average Bonchev–Trinajstić information content (AvgIpc) is 2.35. The molecule has 1 rings (SSSR count). The molecule has 0 aliphatic rings. The summed E-state index contributed by atoms with van der Waals surface area (Å²) in [7, 11) is 5.53. The molecular weight excluding hydrogens is 230 g/mol. The minimum Gasteiger partial charge on any atom is -0.385 e. The molecule has 0 heterocycles. The molecule has 0 bridgehead atoms. The highest BCUT2D eigenvalue weighted by atomic mass is 16.5. The number of carbonyl (C=O) groups is 1. The van der Waals surface area contributed by atoms with Gasteiger partial charge in [-0.3, -0.25) is 0 Å². The number of benzene rings is 1. The maximum absolute atomic E-state index is 11.7. The number of anilines is 2. The molecule has 1 aromatic rings. The van der Waals surface area contributed by atoms with Gasteiger partial charge in [0.25, 0.3) is 0 Å².